The highest BCUT2D eigenvalue weighted by Gasteiger charge is 2.16. The molecule has 7 heteroatoms. The van der Waals surface area contributed by atoms with Crippen molar-refractivity contribution >= 4 is 0 Å². The molecule has 33 heavy (non-hydrogen) atoms. The summed E-state index contributed by atoms with van der Waals surface area (Å²) >= 11 is 0. The lowest BCUT2D eigenvalue weighted by Crippen LogP contribution is -2.11. The van der Waals surface area contributed by atoms with E-state index in [1.54, 1.807) is 12.4 Å². The van der Waals surface area contributed by atoms with E-state index < -0.39 is 0 Å². The Morgan fingerprint density at radius 3 is 2.24 bits per heavy atom. The number of nitrogens with zero attached hydrogens (tertiary/aromatic N) is 6. The fourth-order valence-electron chi connectivity index (χ4n) is 3.87. The van der Waals surface area contributed by atoms with Crippen LogP contribution >= 0.6 is 0 Å². The highest BCUT2D eigenvalue weighted by Crippen LogP contribution is 2.24. The first kappa shape index (κ1) is 24.7. The number of rotatable bonds is 10. The van der Waals surface area contributed by atoms with Crippen molar-refractivity contribution in [2.45, 2.75) is 85.5 Å². The van der Waals surface area contributed by atoms with Crippen LogP contribution in [-0.2, 0) is 6.42 Å². The summed E-state index contributed by atoms with van der Waals surface area (Å²) in [7, 11) is 0. The molecule has 176 valence electrons. The second-order valence-electron chi connectivity index (χ2n) is 9.23. The lowest BCUT2D eigenvalue weighted by molar-refractivity contribution is 0.286. The minimum Gasteiger partial charge on any atom is -0.477 e. The molecule has 0 N–H and O–H groups in total. The van der Waals surface area contributed by atoms with Crippen molar-refractivity contribution in [1.29, 1.82) is 0 Å². The van der Waals surface area contributed by atoms with Crippen LogP contribution in [0.2, 0.25) is 0 Å². The predicted octanol–water partition coefficient (Wildman–Crippen LogP) is 5.41. The number of hydrogen-bond acceptors (Lipinski definition) is 7. The third kappa shape index (κ3) is 6.76. The van der Waals surface area contributed by atoms with E-state index in [0.29, 0.717) is 24.3 Å². The molecule has 0 radical (unpaired) electrons. The van der Waals surface area contributed by atoms with Gasteiger partial charge in [0.05, 0.1) is 52.7 Å². The van der Waals surface area contributed by atoms with Crippen LogP contribution in [0.15, 0.2) is 24.8 Å². The molecule has 0 amide bonds. The van der Waals surface area contributed by atoms with Gasteiger partial charge in [-0.15, -0.1) is 0 Å². The predicted molar refractivity (Wildman–Crippen MR) is 130 cm³/mol. The standard InChI is InChI=1S/C26H36N6O/c1-16(2)23-14-27-15-24(32-23)33-11-10-18(4)26-20(6)28-13-22(31-26)9-8-17(3)25-21(7)30-19(5)12-29-25/h12-18H,8-11H2,1-7H3. The van der Waals surface area contributed by atoms with Gasteiger partial charge < -0.3 is 4.74 Å². The molecule has 2 atom stereocenters. The molecule has 0 saturated carbocycles. The molecule has 3 aromatic rings. The van der Waals surface area contributed by atoms with Crippen molar-refractivity contribution in [3.05, 3.63) is 64.6 Å². The Labute approximate surface area is 197 Å². The van der Waals surface area contributed by atoms with Gasteiger partial charge in [0.25, 0.3) is 0 Å². The lowest BCUT2D eigenvalue weighted by atomic mass is 9.98. The maximum Gasteiger partial charge on any atom is 0.232 e. The van der Waals surface area contributed by atoms with Gasteiger partial charge >= 0.3 is 0 Å². The van der Waals surface area contributed by atoms with Crippen LogP contribution in [0, 0.1) is 20.8 Å². The molecule has 2 unspecified atom stereocenters. The first-order valence-electron chi connectivity index (χ1n) is 11.8. The summed E-state index contributed by atoms with van der Waals surface area (Å²) in [5.41, 5.74) is 7.00. The van der Waals surface area contributed by atoms with Gasteiger partial charge in [-0.1, -0.05) is 27.7 Å². The summed E-state index contributed by atoms with van der Waals surface area (Å²) in [6.07, 6.45) is 9.85. The summed E-state index contributed by atoms with van der Waals surface area (Å²) < 4.78 is 5.87. The first-order valence-corrected chi connectivity index (χ1v) is 11.8. The Hall–Kier alpha value is -2.96. The van der Waals surface area contributed by atoms with Gasteiger partial charge in [0.1, 0.15) is 0 Å². The Morgan fingerprint density at radius 1 is 0.758 bits per heavy atom. The second-order valence-corrected chi connectivity index (χ2v) is 9.23. The van der Waals surface area contributed by atoms with Crippen molar-refractivity contribution in [3.63, 3.8) is 0 Å². The van der Waals surface area contributed by atoms with Crippen molar-refractivity contribution < 1.29 is 4.74 Å². The normalized spacial score (nSPS) is 13.2. The molecule has 7 nitrogen and oxygen atoms in total. The molecule has 0 fully saturated rings. The zero-order valence-electron chi connectivity index (χ0n) is 21.0. The number of aryl methyl sites for hydroxylation is 4. The molecule has 3 aromatic heterocycles. The zero-order chi connectivity index (χ0) is 24.0. The molecule has 0 aromatic carbocycles. The van der Waals surface area contributed by atoms with Gasteiger partial charge in [-0.2, -0.15) is 0 Å². The lowest BCUT2D eigenvalue weighted by Gasteiger charge is -2.16. The van der Waals surface area contributed by atoms with Crippen LogP contribution in [0.3, 0.4) is 0 Å². The Bertz CT molecular complexity index is 1070. The van der Waals surface area contributed by atoms with Gasteiger partial charge in [0, 0.05) is 30.4 Å². The van der Waals surface area contributed by atoms with Crippen molar-refractivity contribution in [1.82, 2.24) is 29.9 Å². The smallest absolute Gasteiger partial charge is 0.232 e. The molecule has 0 bridgehead atoms. The van der Waals surface area contributed by atoms with E-state index in [9.17, 15) is 0 Å². The van der Waals surface area contributed by atoms with Crippen LogP contribution in [0.25, 0.3) is 0 Å². The maximum atomic E-state index is 5.87. The highest BCUT2D eigenvalue weighted by atomic mass is 16.5. The van der Waals surface area contributed by atoms with Gasteiger partial charge in [-0.05, 0) is 46.0 Å². The van der Waals surface area contributed by atoms with E-state index in [0.717, 1.165) is 59.1 Å². The fourth-order valence-corrected chi connectivity index (χ4v) is 3.87. The number of aromatic nitrogens is 6. The van der Waals surface area contributed by atoms with Crippen LogP contribution in [-0.4, -0.2) is 36.5 Å². The molecule has 0 spiro atoms. The third-order valence-corrected chi connectivity index (χ3v) is 5.94. The molecule has 0 aliphatic rings. The van der Waals surface area contributed by atoms with E-state index >= 15 is 0 Å². The maximum absolute atomic E-state index is 5.87. The summed E-state index contributed by atoms with van der Waals surface area (Å²) in [5.74, 6) is 1.46. The number of ether oxygens (including phenoxy) is 1. The monoisotopic (exact) mass is 448 g/mol. The SMILES string of the molecule is Cc1cnc(C(C)CCc2cnc(C)c(C(C)CCOc3cncc(C(C)C)n3)n2)c(C)n1. The molecule has 0 aliphatic heterocycles. The molecule has 0 saturated heterocycles. The summed E-state index contributed by atoms with van der Waals surface area (Å²) in [4.78, 5) is 27.5. The summed E-state index contributed by atoms with van der Waals surface area (Å²) in [5, 5.41) is 0. The molecular weight excluding hydrogens is 412 g/mol. The minimum atomic E-state index is 0.237. The highest BCUT2D eigenvalue weighted by molar-refractivity contribution is 5.19. The van der Waals surface area contributed by atoms with E-state index in [2.05, 4.69) is 52.6 Å². The van der Waals surface area contributed by atoms with Crippen molar-refractivity contribution in [2.75, 3.05) is 6.61 Å². The Morgan fingerprint density at radius 2 is 1.52 bits per heavy atom. The van der Waals surface area contributed by atoms with Crippen molar-refractivity contribution in [2.24, 2.45) is 0 Å². The molecule has 3 heterocycles. The largest absolute Gasteiger partial charge is 0.477 e. The zero-order valence-corrected chi connectivity index (χ0v) is 21.0. The van der Waals surface area contributed by atoms with E-state index in [1.807, 2.05) is 33.2 Å². The van der Waals surface area contributed by atoms with Gasteiger partial charge in [-0.25, -0.2) is 4.98 Å². The molecule has 3 rings (SSSR count). The van der Waals surface area contributed by atoms with Gasteiger partial charge in [0.15, 0.2) is 0 Å². The van der Waals surface area contributed by atoms with Crippen LogP contribution in [0.1, 0.15) is 98.1 Å². The van der Waals surface area contributed by atoms with E-state index in [1.165, 1.54) is 0 Å². The van der Waals surface area contributed by atoms with Crippen LogP contribution < -0.4 is 4.74 Å². The van der Waals surface area contributed by atoms with Gasteiger partial charge in [0.2, 0.25) is 5.88 Å². The quantitative estimate of drug-likeness (QED) is 0.409. The van der Waals surface area contributed by atoms with Crippen LogP contribution in [0.5, 0.6) is 5.88 Å². The Kier molecular flexibility index (Phi) is 8.42. The summed E-state index contributed by atoms with van der Waals surface area (Å²) in [6.45, 7) is 15.2. The fraction of sp³-hybridized carbons (Fsp3) is 0.538. The Balaban J connectivity index is 1.58. The topological polar surface area (TPSA) is 86.6 Å². The van der Waals surface area contributed by atoms with E-state index in [-0.39, 0.29) is 5.92 Å². The summed E-state index contributed by atoms with van der Waals surface area (Å²) in [6, 6.07) is 0. The van der Waals surface area contributed by atoms with Crippen molar-refractivity contribution in [3.8, 4) is 5.88 Å². The average molecular weight is 449 g/mol. The van der Waals surface area contributed by atoms with Gasteiger partial charge in [-0.3, -0.25) is 24.9 Å². The van der Waals surface area contributed by atoms with E-state index in [4.69, 9.17) is 9.72 Å². The first-order chi connectivity index (χ1) is 15.7. The molecule has 0 aliphatic carbocycles. The third-order valence-electron chi connectivity index (χ3n) is 5.94. The minimum absolute atomic E-state index is 0.237. The average Bonchev–Trinajstić information content (AvgIpc) is 2.78. The van der Waals surface area contributed by atoms with Crippen LogP contribution in [0.4, 0.5) is 0 Å². The second kappa shape index (κ2) is 11.3. The molecular formula is C26H36N6O. The number of hydrogen-bond donors (Lipinski definition) is 0.